The lowest BCUT2D eigenvalue weighted by Crippen LogP contribution is -2.17. The number of nitrogens with zero attached hydrogens (tertiary/aromatic N) is 6. The molecule has 4 aromatic rings. The van der Waals surface area contributed by atoms with E-state index in [1.165, 1.54) is 6.20 Å². The molecule has 1 saturated heterocycles. The van der Waals surface area contributed by atoms with Gasteiger partial charge in [0.2, 0.25) is 11.7 Å². The van der Waals surface area contributed by atoms with Crippen LogP contribution in [0.25, 0.3) is 16.7 Å². The smallest absolute Gasteiger partial charge is 0.300 e. The monoisotopic (exact) mass is 467 g/mol. The van der Waals surface area contributed by atoms with Crippen LogP contribution >= 0.6 is 0 Å². The van der Waals surface area contributed by atoms with Gasteiger partial charge in [0.15, 0.2) is 5.82 Å². The van der Waals surface area contributed by atoms with E-state index < -0.39 is 12.2 Å². The van der Waals surface area contributed by atoms with Crippen LogP contribution in [0.1, 0.15) is 28.0 Å². The fraction of sp³-hybridized carbons (Fsp3) is 0.304. The Morgan fingerprint density at radius 1 is 1.26 bits per heavy atom. The predicted octanol–water partition coefficient (Wildman–Crippen LogP) is 3.79. The maximum Gasteiger partial charge on any atom is 0.300 e. The van der Waals surface area contributed by atoms with Gasteiger partial charge in [0.25, 0.3) is 0 Å². The van der Waals surface area contributed by atoms with Gasteiger partial charge < -0.3 is 9.88 Å². The molecule has 34 heavy (non-hydrogen) atoms. The van der Waals surface area contributed by atoms with Crippen molar-refractivity contribution < 1.29 is 18.4 Å². The van der Waals surface area contributed by atoms with E-state index in [0.717, 1.165) is 30.8 Å². The number of carbonyl (C=O) groups excluding carboxylic acids is 1. The van der Waals surface area contributed by atoms with Gasteiger partial charge in [-0.2, -0.15) is 15.1 Å². The van der Waals surface area contributed by atoms with Crippen LogP contribution in [0.15, 0.2) is 42.9 Å². The molecule has 0 unspecified atom stereocenters. The summed E-state index contributed by atoms with van der Waals surface area (Å²) >= 11 is 0. The number of benzene rings is 1. The topological polar surface area (TPSA) is 90.1 Å². The summed E-state index contributed by atoms with van der Waals surface area (Å²) in [4.78, 5) is 26.3. The number of halogens is 2. The van der Waals surface area contributed by atoms with Crippen LogP contribution in [-0.2, 0) is 18.4 Å². The summed E-state index contributed by atoms with van der Waals surface area (Å²) in [6.07, 6.45) is 2.90. The van der Waals surface area contributed by atoms with Crippen LogP contribution < -0.4 is 5.32 Å². The molecule has 0 bridgehead atoms. The maximum atomic E-state index is 13.0. The molecule has 1 fully saturated rings. The fourth-order valence-corrected chi connectivity index (χ4v) is 4.03. The van der Waals surface area contributed by atoms with E-state index >= 15 is 0 Å². The number of Topliss-reactive ketones (excluding diaryl/α,β-unsaturated/α-hetero) is 1. The molecule has 11 heteroatoms. The fourth-order valence-electron chi connectivity index (χ4n) is 4.03. The molecule has 176 valence electrons. The van der Waals surface area contributed by atoms with Crippen molar-refractivity contribution in [1.82, 2.24) is 29.4 Å². The molecule has 1 aliphatic heterocycles. The highest BCUT2D eigenvalue weighted by molar-refractivity contribution is 6.10. The summed E-state index contributed by atoms with van der Waals surface area (Å²) in [5.74, 6) is -0.319. The average molecular weight is 467 g/mol. The van der Waals surface area contributed by atoms with Crippen molar-refractivity contribution in [1.29, 1.82) is 0 Å². The van der Waals surface area contributed by atoms with Crippen molar-refractivity contribution in [3.05, 3.63) is 59.7 Å². The minimum absolute atomic E-state index is 0.0210. The third kappa shape index (κ3) is 4.27. The van der Waals surface area contributed by atoms with Crippen LogP contribution in [0.2, 0.25) is 0 Å². The second kappa shape index (κ2) is 8.92. The van der Waals surface area contributed by atoms with Crippen LogP contribution in [-0.4, -0.2) is 54.7 Å². The Hall–Kier alpha value is -3.70. The predicted molar refractivity (Wildman–Crippen MR) is 121 cm³/mol. The molecule has 4 heterocycles. The molecular formula is C23H23F2N7O2. The molecule has 0 amide bonds. The number of anilines is 2. The molecule has 9 nitrogen and oxygen atoms in total. The van der Waals surface area contributed by atoms with E-state index in [1.54, 1.807) is 46.8 Å². The number of fused-ring (bicyclic) bond motifs is 1. The number of aryl methyl sites for hydroxylation is 2. The first-order valence-electron chi connectivity index (χ1n) is 10.8. The molecule has 0 atom stereocenters. The number of rotatable bonds is 7. The van der Waals surface area contributed by atoms with Crippen LogP contribution in [0, 0.1) is 6.92 Å². The molecule has 1 aromatic carbocycles. The largest absolute Gasteiger partial charge is 0.350 e. The van der Waals surface area contributed by atoms with Crippen molar-refractivity contribution in [2.24, 2.45) is 7.05 Å². The minimum Gasteiger partial charge on any atom is -0.350 e. The summed E-state index contributed by atoms with van der Waals surface area (Å²) in [5.41, 5.74) is 3.15. The van der Waals surface area contributed by atoms with Gasteiger partial charge in [-0.25, -0.2) is 18.4 Å². The van der Waals surface area contributed by atoms with Gasteiger partial charge in [0, 0.05) is 66.0 Å². The van der Waals surface area contributed by atoms with Gasteiger partial charge in [0.1, 0.15) is 0 Å². The quantitative estimate of drug-likeness (QED) is 0.414. The van der Waals surface area contributed by atoms with Gasteiger partial charge in [-0.1, -0.05) is 0 Å². The number of hydroxylamine groups is 2. The summed E-state index contributed by atoms with van der Waals surface area (Å²) in [7, 11) is 1.71. The zero-order valence-electron chi connectivity index (χ0n) is 18.7. The Morgan fingerprint density at radius 2 is 2.12 bits per heavy atom. The highest BCUT2D eigenvalue weighted by Gasteiger charge is 2.22. The van der Waals surface area contributed by atoms with Crippen molar-refractivity contribution in [2.75, 3.05) is 18.5 Å². The van der Waals surface area contributed by atoms with Crippen LogP contribution in [0.5, 0.6) is 0 Å². The number of ketones is 1. The zero-order chi connectivity index (χ0) is 23.8. The summed E-state index contributed by atoms with van der Waals surface area (Å²) < 4.78 is 29.4. The number of hydrogen-bond acceptors (Lipinski definition) is 7. The lowest BCUT2D eigenvalue weighted by molar-refractivity contribution is -0.117. The Bertz CT molecular complexity index is 1360. The normalized spacial score (nSPS) is 14.4. The molecule has 0 saturated carbocycles. The van der Waals surface area contributed by atoms with Crippen molar-refractivity contribution in [2.45, 2.75) is 26.3 Å². The summed E-state index contributed by atoms with van der Waals surface area (Å²) in [5, 5.41) is 10.0. The molecule has 0 radical (unpaired) electrons. The third-order valence-corrected chi connectivity index (χ3v) is 5.76. The van der Waals surface area contributed by atoms with E-state index in [0.29, 0.717) is 34.9 Å². The van der Waals surface area contributed by atoms with Gasteiger partial charge in [0.05, 0.1) is 18.8 Å². The molecule has 3 aromatic heterocycles. The van der Waals surface area contributed by atoms with Crippen LogP contribution in [0.4, 0.5) is 20.4 Å². The van der Waals surface area contributed by atoms with Crippen molar-refractivity contribution >= 4 is 28.3 Å². The summed E-state index contributed by atoms with van der Waals surface area (Å²) in [6.45, 7) is 4.22. The minimum atomic E-state index is -3.07. The molecule has 1 aliphatic rings. The van der Waals surface area contributed by atoms with E-state index in [2.05, 4.69) is 20.4 Å². The van der Waals surface area contributed by atoms with Gasteiger partial charge in [-0.15, -0.1) is 0 Å². The van der Waals surface area contributed by atoms with E-state index in [-0.39, 0.29) is 5.56 Å². The first-order chi connectivity index (χ1) is 16.4. The Labute approximate surface area is 193 Å². The lowest BCUT2D eigenvalue weighted by Gasteiger charge is -2.12. The first-order valence-corrected chi connectivity index (χ1v) is 10.8. The second-order valence-electron chi connectivity index (χ2n) is 8.15. The maximum absolute atomic E-state index is 13.0. The molecular weight excluding hydrogens is 444 g/mol. The number of hydrogen-bond donors (Lipinski definition) is 1. The van der Waals surface area contributed by atoms with Crippen LogP contribution in [0.3, 0.4) is 0 Å². The second-order valence-corrected chi connectivity index (χ2v) is 8.15. The number of aromatic nitrogens is 5. The van der Waals surface area contributed by atoms with Gasteiger partial charge >= 0.3 is 6.43 Å². The Morgan fingerprint density at radius 3 is 2.88 bits per heavy atom. The third-order valence-electron chi connectivity index (χ3n) is 5.76. The van der Waals surface area contributed by atoms with E-state index in [1.807, 2.05) is 18.2 Å². The standard InChI is InChI=1S/C23H23F2N7O2/c1-14-15(11-31-8-3-9-34-31)12-32(29-14)20-6-7-26-23(28-20)27-16-4-5-19-17(10-16)18(13-30(19)2)21(33)22(24)25/h4-7,10,12-13,22H,3,8-9,11H2,1-2H3,(H,26,27,28). The highest BCUT2D eigenvalue weighted by Crippen LogP contribution is 2.27. The van der Waals surface area contributed by atoms with E-state index in [9.17, 15) is 13.6 Å². The molecule has 0 spiro atoms. The molecule has 0 aliphatic carbocycles. The Balaban J connectivity index is 1.40. The summed E-state index contributed by atoms with van der Waals surface area (Å²) in [6, 6.07) is 6.93. The SMILES string of the molecule is Cc1nn(-c2ccnc(Nc3ccc4c(c3)c(C(=O)C(F)F)cn4C)n2)cc1CN1CCCO1. The van der Waals surface area contributed by atoms with Crippen molar-refractivity contribution in [3.8, 4) is 5.82 Å². The molecule has 5 rings (SSSR count). The average Bonchev–Trinajstić information content (AvgIpc) is 3.54. The Kier molecular flexibility index (Phi) is 5.80. The first kappa shape index (κ1) is 22.1. The van der Waals surface area contributed by atoms with Gasteiger partial charge in [-0.3, -0.25) is 9.63 Å². The number of alkyl halides is 2. The van der Waals surface area contributed by atoms with Crippen molar-refractivity contribution in [3.63, 3.8) is 0 Å². The number of carbonyl (C=O) groups is 1. The number of nitrogens with one attached hydrogen (secondary N) is 1. The molecule has 1 N–H and O–H groups in total. The zero-order valence-corrected chi connectivity index (χ0v) is 18.7. The lowest BCUT2D eigenvalue weighted by atomic mass is 10.1. The highest BCUT2D eigenvalue weighted by atomic mass is 19.3. The van der Waals surface area contributed by atoms with Gasteiger partial charge in [-0.05, 0) is 31.5 Å². The van der Waals surface area contributed by atoms with E-state index in [4.69, 9.17) is 4.84 Å².